The normalized spacial score (nSPS) is 18.6. The predicted molar refractivity (Wildman–Crippen MR) is 102 cm³/mol. The van der Waals surface area contributed by atoms with Gasteiger partial charge in [-0.2, -0.15) is 5.26 Å². The minimum atomic E-state index is -0.693. The molecule has 1 unspecified atom stereocenters. The van der Waals surface area contributed by atoms with E-state index in [-0.39, 0.29) is 5.54 Å². The highest BCUT2D eigenvalue weighted by molar-refractivity contribution is 6.35. The average molecular weight is 376 g/mol. The van der Waals surface area contributed by atoms with Crippen LogP contribution in [0.25, 0.3) is 0 Å². The second-order valence-corrected chi connectivity index (χ2v) is 7.80. The van der Waals surface area contributed by atoms with Crippen LogP contribution in [-0.2, 0) is 11.0 Å². The molecule has 1 aliphatic carbocycles. The molecular formula is C20H23Cl2N3. The number of benzene rings is 1. The van der Waals surface area contributed by atoms with Gasteiger partial charge < -0.3 is 4.57 Å². The Morgan fingerprint density at radius 3 is 2.64 bits per heavy atom. The third kappa shape index (κ3) is 2.96. The summed E-state index contributed by atoms with van der Waals surface area (Å²) in [4.78, 5) is 4.27. The summed E-state index contributed by atoms with van der Waals surface area (Å²) in [5.74, 6) is 0. The molecular weight excluding hydrogens is 353 g/mol. The Balaban J connectivity index is 2.25. The number of imidazole rings is 1. The molecule has 1 fully saturated rings. The molecule has 0 radical (unpaired) electrons. The highest BCUT2D eigenvalue weighted by Gasteiger charge is 2.55. The van der Waals surface area contributed by atoms with Gasteiger partial charge in [0.05, 0.1) is 17.9 Å². The van der Waals surface area contributed by atoms with E-state index in [4.69, 9.17) is 23.2 Å². The number of rotatable bonds is 6. The smallest absolute Gasteiger partial charge is 0.107 e. The van der Waals surface area contributed by atoms with Crippen LogP contribution in [0, 0.1) is 11.3 Å². The average Bonchev–Trinajstić information content (AvgIpc) is 3.29. The van der Waals surface area contributed by atoms with Crippen LogP contribution in [0.15, 0.2) is 36.9 Å². The fourth-order valence-corrected chi connectivity index (χ4v) is 5.06. The lowest BCUT2D eigenvalue weighted by molar-refractivity contribution is 0.161. The molecule has 0 amide bonds. The summed E-state index contributed by atoms with van der Waals surface area (Å²) in [6, 6.07) is 8.27. The van der Waals surface area contributed by atoms with E-state index in [0.717, 1.165) is 50.5 Å². The molecule has 3 rings (SSSR count). The van der Waals surface area contributed by atoms with Crippen molar-refractivity contribution in [1.29, 1.82) is 5.26 Å². The minimum Gasteiger partial charge on any atom is -0.329 e. The first kappa shape index (κ1) is 18.3. The van der Waals surface area contributed by atoms with Gasteiger partial charge >= 0.3 is 0 Å². The Morgan fingerprint density at radius 1 is 1.32 bits per heavy atom. The second-order valence-electron chi connectivity index (χ2n) is 6.95. The van der Waals surface area contributed by atoms with E-state index < -0.39 is 5.41 Å². The summed E-state index contributed by atoms with van der Waals surface area (Å²) in [6.45, 7) is 2.16. The molecule has 1 heterocycles. The number of nitrogens with zero attached hydrogens (tertiary/aromatic N) is 3. The van der Waals surface area contributed by atoms with Crippen molar-refractivity contribution in [2.75, 3.05) is 0 Å². The van der Waals surface area contributed by atoms with Crippen LogP contribution < -0.4 is 0 Å². The standard InChI is InChI=1S/C20H23Cl2N3/c1-2-3-8-19(14-23,17-7-6-16(21)13-18(17)22)20(9-4-5-10-20)25-12-11-24-15-25/h6-7,11-13,15H,2-5,8-10H2,1H3. The fraction of sp³-hybridized carbons (Fsp3) is 0.500. The first-order valence-corrected chi connectivity index (χ1v) is 9.70. The number of aromatic nitrogens is 2. The maximum atomic E-state index is 10.5. The van der Waals surface area contributed by atoms with Gasteiger partial charge in [-0.05, 0) is 37.0 Å². The number of unbranched alkanes of at least 4 members (excludes halogenated alkanes) is 1. The van der Waals surface area contributed by atoms with Crippen molar-refractivity contribution in [1.82, 2.24) is 9.55 Å². The highest BCUT2D eigenvalue weighted by atomic mass is 35.5. The van der Waals surface area contributed by atoms with Crippen LogP contribution in [0.5, 0.6) is 0 Å². The first-order valence-electron chi connectivity index (χ1n) is 8.95. The molecule has 2 aromatic rings. The van der Waals surface area contributed by atoms with Crippen LogP contribution in [0.2, 0.25) is 10.0 Å². The number of hydrogen-bond acceptors (Lipinski definition) is 2. The van der Waals surface area contributed by atoms with Crippen molar-refractivity contribution in [2.45, 2.75) is 62.8 Å². The van der Waals surface area contributed by atoms with Gasteiger partial charge in [-0.25, -0.2) is 4.98 Å². The monoisotopic (exact) mass is 375 g/mol. The van der Waals surface area contributed by atoms with Crippen molar-refractivity contribution in [2.24, 2.45) is 0 Å². The molecule has 1 aliphatic rings. The predicted octanol–water partition coefficient (Wildman–Crippen LogP) is 6.11. The van der Waals surface area contributed by atoms with Crippen LogP contribution >= 0.6 is 23.2 Å². The molecule has 25 heavy (non-hydrogen) atoms. The Morgan fingerprint density at radius 2 is 2.08 bits per heavy atom. The van der Waals surface area contributed by atoms with Crippen molar-refractivity contribution in [3.05, 3.63) is 52.5 Å². The Labute approximate surface area is 159 Å². The van der Waals surface area contributed by atoms with Gasteiger partial charge in [0, 0.05) is 22.4 Å². The fourth-order valence-electron chi connectivity index (χ4n) is 4.49. The number of hydrogen-bond donors (Lipinski definition) is 0. The maximum absolute atomic E-state index is 10.5. The lowest BCUT2D eigenvalue weighted by Gasteiger charge is -2.46. The van der Waals surface area contributed by atoms with Gasteiger partial charge in [0.2, 0.25) is 0 Å². The lowest BCUT2D eigenvalue weighted by Crippen LogP contribution is -2.50. The minimum absolute atomic E-state index is 0.315. The SMILES string of the molecule is CCCCC(C#N)(c1ccc(Cl)cc1Cl)C1(n2ccnc2)CCCC1. The number of nitriles is 1. The van der Waals surface area contributed by atoms with Crippen molar-refractivity contribution in [3.63, 3.8) is 0 Å². The quantitative estimate of drug-likeness (QED) is 0.610. The van der Waals surface area contributed by atoms with Gasteiger partial charge in [-0.1, -0.05) is 61.9 Å². The van der Waals surface area contributed by atoms with Crippen molar-refractivity contribution in [3.8, 4) is 6.07 Å². The number of halogens is 2. The zero-order valence-corrected chi connectivity index (χ0v) is 16.0. The van der Waals surface area contributed by atoms with E-state index in [1.807, 2.05) is 24.7 Å². The van der Waals surface area contributed by atoms with Gasteiger partial charge in [0.1, 0.15) is 5.41 Å². The van der Waals surface area contributed by atoms with E-state index in [2.05, 4.69) is 22.5 Å². The summed E-state index contributed by atoms with van der Waals surface area (Å²) in [5, 5.41) is 11.7. The highest BCUT2D eigenvalue weighted by Crippen LogP contribution is 2.54. The van der Waals surface area contributed by atoms with Crippen LogP contribution in [0.4, 0.5) is 0 Å². The molecule has 132 valence electrons. The van der Waals surface area contributed by atoms with E-state index in [0.29, 0.717) is 10.0 Å². The topological polar surface area (TPSA) is 41.6 Å². The first-order chi connectivity index (χ1) is 12.1. The van der Waals surface area contributed by atoms with Crippen LogP contribution in [0.3, 0.4) is 0 Å². The third-order valence-electron chi connectivity index (χ3n) is 5.71. The van der Waals surface area contributed by atoms with Crippen LogP contribution in [-0.4, -0.2) is 9.55 Å². The molecule has 1 saturated carbocycles. The molecule has 0 saturated heterocycles. The van der Waals surface area contributed by atoms with E-state index in [1.54, 1.807) is 12.3 Å². The summed E-state index contributed by atoms with van der Waals surface area (Å²) >= 11 is 12.7. The Kier molecular flexibility index (Phi) is 5.41. The van der Waals surface area contributed by atoms with Crippen LogP contribution in [0.1, 0.15) is 57.4 Å². The van der Waals surface area contributed by atoms with E-state index >= 15 is 0 Å². The van der Waals surface area contributed by atoms with Crippen molar-refractivity contribution < 1.29 is 0 Å². The second kappa shape index (κ2) is 7.40. The summed E-state index contributed by atoms with van der Waals surface area (Å²) < 4.78 is 2.16. The summed E-state index contributed by atoms with van der Waals surface area (Å²) in [7, 11) is 0. The molecule has 1 aromatic carbocycles. The molecule has 0 bridgehead atoms. The summed E-state index contributed by atoms with van der Waals surface area (Å²) in [6.07, 6.45) is 12.6. The van der Waals surface area contributed by atoms with Gasteiger partial charge in [0.15, 0.2) is 0 Å². The van der Waals surface area contributed by atoms with E-state index in [9.17, 15) is 5.26 Å². The van der Waals surface area contributed by atoms with Gasteiger partial charge in [-0.3, -0.25) is 0 Å². The van der Waals surface area contributed by atoms with Crippen molar-refractivity contribution >= 4 is 23.2 Å². The van der Waals surface area contributed by atoms with E-state index in [1.165, 1.54) is 0 Å². The van der Waals surface area contributed by atoms with Gasteiger partial charge in [0.25, 0.3) is 0 Å². The molecule has 1 aromatic heterocycles. The lowest BCUT2D eigenvalue weighted by atomic mass is 9.62. The third-order valence-corrected chi connectivity index (χ3v) is 6.26. The Bertz CT molecular complexity index is 758. The largest absolute Gasteiger partial charge is 0.329 e. The molecule has 0 aliphatic heterocycles. The molecule has 0 spiro atoms. The maximum Gasteiger partial charge on any atom is 0.107 e. The molecule has 0 N–H and O–H groups in total. The Hall–Kier alpha value is -1.50. The zero-order chi connectivity index (χ0) is 17.9. The molecule has 5 heteroatoms. The molecule has 3 nitrogen and oxygen atoms in total. The van der Waals surface area contributed by atoms with Gasteiger partial charge in [-0.15, -0.1) is 0 Å². The zero-order valence-electron chi connectivity index (χ0n) is 14.5. The summed E-state index contributed by atoms with van der Waals surface area (Å²) in [5.41, 5.74) is -0.114. The molecule has 1 atom stereocenters.